The second-order valence-electron chi connectivity index (χ2n) is 5.26. The molecule has 0 N–H and O–H groups in total. The maximum absolute atomic E-state index is 12.2. The number of hydrogen-bond acceptors (Lipinski definition) is 2. The zero-order valence-corrected chi connectivity index (χ0v) is 14.2. The molecule has 3 heteroatoms. The van der Waals surface area contributed by atoms with Crippen LogP contribution in [0.2, 0.25) is 0 Å². The van der Waals surface area contributed by atoms with Gasteiger partial charge in [-0.3, -0.25) is 0 Å². The van der Waals surface area contributed by atoms with Crippen molar-refractivity contribution in [1.82, 2.24) is 0 Å². The van der Waals surface area contributed by atoms with Crippen LogP contribution < -0.4 is 4.74 Å². The molecular formula is C20H15BrO2. The summed E-state index contributed by atoms with van der Waals surface area (Å²) in [4.78, 5) is 12.2. The van der Waals surface area contributed by atoms with Crippen LogP contribution >= 0.6 is 15.9 Å². The van der Waals surface area contributed by atoms with Gasteiger partial charge in [-0.25, -0.2) is 4.79 Å². The molecule has 2 nitrogen and oxygen atoms in total. The molecule has 3 rings (SSSR count). The first kappa shape index (κ1) is 15.5. The van der Waals surface area contributed by atoms with E-state index in [0.717, 1.165) is 15.6 Å². The van der Waals surface area contributed by atoms with Crippen LogP contribution in [-0.4, -0.2) is 5.97 Å². The summed E-state index contributed by atoms with van der Waals surface area (Å²) in [7, 11) is 0. The molecule has 0 amide bonds. The van der Waals surface area contributed by atoms with Crippen LogP contribution in [-0.2, 0) is 0 Å². The van der Waals surface area contributed by atoms with Crippen LogP contribution in [0.15, 0.2) is 77.3 Å². The molecule has 0 aliphatic rings. The first-order valence-corrected chi connectivity index (χ1v) is 8.06. The number of benzene rings is 3. The fourth-order valence-corrected chi connectivity index (χ4v) is 2.70. The Kier molecular flexibility index (Phi) is 4.58. The molecule has 0 heterocycles. The Bertz CT molecular complexity index is 821. The van der Waals surface area contributed by atoms with E-state index in [-0.39, 0.29) is 5.97 Å². The van der Waals surface area contributed by atoms with Crippen LogP contribution in [0.25, 0.3) is 11.1 Å². The van der Waals surface area contributed by atoms with Gasteiger partial charge in [0.2, 0.25) is 0 Å². The number of rotatable bonds is 3. The van der Waals surface area contributed by atoms with Crippen molar-refractivity contribution in [3.8, 4) is 16.9 Å². The van der Waals surface area contributed by atoms with E-state index in [4.69, 9.17) is 4.74 Å². The summed E-state index contributed by atoms with van der Waals surface area (Å²) < 4.78 is 6.15. The van der Waals surface area contributed by atoms with Crippen molar-refractivity contribution in [3.63, 3.8) is 0 Å². The summed E-state index contributed by atoms with van der Waals surface area (Å²) >= 11 is 3.36. The minimum absolute atomic E-state index is 0.374. The van der Waals surface area contributed by atoms with Crippen molar-refractivity contribution < 1.29 is 9.53 Å². The Morgan fingerprint density at radius 2 is 1.39 bits per heavy atom. The molecule has 0 atom stereocenters. The Morgan fingerprint density at radius 3 is 2.00 bits per heavy atom. The summed E-state index contributed by atoms with van der Waals surface area (Å²) in [6.45, 7) is 2.06. The van der Waals surface area contributed by atoms with Gasteiger partial charge in [0.05, 0.1) is 5.56 Å². The van der Waals surface area contributed by atoms with Crippen LogP contribution in [0.5, 0.6) is 5.75 Å². The van der Waals surface area contributed by atoms with Crippen molar-refractivity contribution in [2.75, 3.05) is 0 Å². The average molecular weight is 367 g/mol. The van der Waals surface area contributed by atoms with Gasteiger partial charge in [-0.05, 0) is 58.2 Å². The number of hydrogen-bond donors (Lipinski definition) is 0. The van der Waals surface area contributed by atoms with Crippen LogP contribution in [0.3, 0.4) is 0 Å². The van der Waals surface area contributed by atoms with Crippen molar-refractivity contribution in [1.29, 1.82) is 0 Å². The van der Waals surface area contributed by atoms with Crippen molar-refractivity contribution in [2.24, 2.45) is 0 Å². The van der Waals surface area contributed by atoms with Gasteiger partial charge in [0, 0.05) is 4.47 Å². The highest BCUT2D eigenvalue weighted by Crippen LogP contribution is 2.24. The third-order valence-electron chi connectivity index (χ3n) is 3.54. The SMILES string of the molecule is Cc1ccc(-c2ccc(OC(=O)c3ccccc3Br)cc2)cc1. The van der Waals surface area contributed by atoms with Gasteiger partial charge in [0.1, 0.15) is 5.75 Å². The predicted molar refractivity (Wildman–Crippen MR) is 95.7 cm³/mol. The third-order valence-corrected chi connectivity index (χ3v) is 4.24. The molecule has 0 saturated carbocycles. The molecule has 23 heavy (non-hydrogen) atoms. The molecular weight excluding hydrogens is 352 g/mol. The smallest absolute Gasteiger partial charge is 0.344 e. The highest BCUT2D eigenvalue weighted by atomic mass is 79.9. The highest BCUT2D eigenvalue weighted by Gasteiger charge is 2.11. The normalized spacial score (nSPS) is 10.3. The van der Waals surface area contributed by atoms with E-state index >= 15 is 0 Å². The van der Waals surface area contributed by atoms with Crippen LogP contribution in [0.1, 0.15) is 15.9 Å². The number of esters is 1. The summed E-state index contributed by atoms with van der Waals surface area (Å²) in [5.74, 6) is 0.155. The topological polar surface area (TPSA) is 26.3 Å². The monoisotopic (exact) mass is 366 g/mol. The van der Waals surface area contributed by atoms with E-state index in [1.807, 2.05) is 42.5 Å². The van der Waals surface area contributed by atoms with Gasteiger partial charge in [0.25, 0.3) is 0 Å². The zero-order chi connectivity index (χ0) is 16.2. The highest BCUT2D eigenvalue weighted by molar-refractivity contribution is 9.10. The lowest BCUT2D eigenvalue weighted by Gasteiger charge is -2.07. The van der Waals surface area contributed by atoms with Gasteiger partial charge in [-0.2, -0.15) is 0 Å². The summed E-state index contributed by atoms with van der Waals surface area (Å²) in [5, 5.41) is 0. The number of carbonyl (C=O) groups excluding carboxylic acids is 1. The van der Waals surface area contributed by atoms with E-state index in [2.05, 4.69) is 47.1 Å². The lowest BCUT2D eigenvalue weighted by atomic mass is 10.0. The number of ether oxygens (including phenoxy) is 1. The minimum Gasteiger partial charge on any atom is -0.423 e. The Balaban J connectivity index is 1.76. The zero-order valence-electron chi connectivity index (χ0n) is 12.6. The first-order chi connectivity index (χ1) is 11.1. The average Bonchev–Trinajstić information content (AvgIpc) is 2.57. The van der Waals surface area contributed by atoms with Gasteiger partial charge in [-0.1, -0.05) is 54.1 Å². The standard InChI is InChI=1S/C20H15BrO2/c1-14-6-8-15(9-7-14)16-10-12-17(13-11-16)23-20(22)18-4-2-3-5-19(18)21/h2-13H,1H3. The molecule has 3 aromatic rings. The molecule has 0 radical (unpaired) electrons. The minimum atomic E-state index is -0.374. The van der Waals surface area contributed by atoms with Crippen molar-refractivity contribution in [2.45, 2.75) is 6.92 Å². The van der Waals surface area contributed by atoms with E-state index in [9.17, 15) is 4.79 Å². The molecule has 0 unspecified atom stereocenters. The molecule has 0 bridgehead atoms. The first-order valence-electron chi connectivity index (χ1n) is 7.27. The Labute approximate surface area is 143 Å². The summed E-state index contributed by atoms with van der Waals surface area (Å²) in [6, 6.07) is 23.1. The summed E-state index contributed by atoms with van der Waals surface area (Å²) in [6.07, 6.45) is 0. The molecule has 0 aliphatic carbocycles. The van der Waals surface area contributed by atoms with Gasteiger partial charge < -0.3 is 4.74 Å². The van der Waals surface area contributed by atoms with E-state index in [1.165, 1.54) is 5.56 Å². The van der Waals surface area contributed by atoms with Gasteiger partial charge in [0.15, 0.2) is 0 Å². The maximum Gasteiger partial charge on any atom is 0.344 e. The van der Waals surface area contributed by atoms with Crippen LogP contribution in [0, 0.1) is 6.92 Å². The molecule has 0 spiro atoms. The van der Waals surface area contributed by atoms with E-state index in [1.54, 1.807) is 6.07 Å². The second kappa shape index (κ2) is 6.80. The molecule has 114 valence electrons. The molecule has 0 fully saturated rings. The number of halogens is 1. The van der Waals surface area contributed by atoms with Crippen molar-refractivity contribution >= 4 is 21.9 Å². The molecule has 0 saturated heterocycles. The molecule has 3 aromatic carbocycles. The van der Waals surface area contributed by atoms with E-state index < -0.39 is 0 Å². The summed E-state index contributed by atoms with van der Waals surface area (Å²) in [5.41, 5.74) is 3.97. The number of carbonyl (C=O) groups is 1. The van der Waals surface area contributed by atoms with E-state index in [0.29, 0.717) is 11.3 Å². The second-order valence-corrected chi connectivity index (χ2v) is 6.11. The third kappa shape index (κ3) is 3.69. The van der Waals surface area contributed by atoms with Crippen LogP contribution in [0.4, 0.5) is 0 Å². The quantitative estimate of drug-likeness (QED) is 0.442. The lowest BCUT2D eigenvalue weighted by molar-refractivity contribution is 0.0734. The largest absolute Gasteiger partial charge is 0.423 e. The Hall–Kier alpha value is -2.39. The fourth-order valence-electron chi connectivity index (χ4n) is 2.25. The fraction of sp³-hybridized carbons (Fsp3) is 0.0500. The molecule has 0 aliphatic heterocycles. The number of aryl methyl sites for hydroxylation is 1. The maximum atomic E-state index is 12.2. The van der Waals surface area contributed by atoms with Gasteiger partial charge >= 0.3 is 5.97 Å². The Morgan fingerprint density at radius 1 is 0.826 bits per heavy atom. The van der Waals surface area contributed by atoms with Gasteiger partial charge in [-0.15, -0.1) is 0 Å². The molecule has 0 aromatic heterocycles. The predicted octanol–water partition coefficient (Wildman–Crippen LogP) is 5.64. The lowest BCUT2D eigenvalue weighted by Crippen LogP contribution is -2.09. The van der Waals surface area contributed by atoms with Crippen molar-refractivity contribution in [3.05, 3.63) is 88.4 Å².